The maximum Gasteiger partial charge on any atom is 0.0574 e. The van der Waals surface area contributed by atoms with Gasteiger partial charge in [-0.15, -0.1) is 0 Å². The van der Waals surface area contributed by atoms with Crippen molar-refractivity contribution in [1.29, 1.82) is 0 Å². The fourth-order valence-corrected chi connectivity index (χ4v) is 2.40. The van der Waals surface area contributed by atoms with E-state index in [0.717, 1.165) is 17.9 Å². The van der Waals surface area contributed by atoms with Crippen molar-refractivity contribution in [3.63, 3.8) is 0 Å². The molecule has 0 saturated heterocycles. The number of benzene rings is 2. The third-order valence-corrected chi connectivity index (χ3v) is 3.56. The Labute approximate surface area is 115 Å². The zero-order valence-electron chi connectivity index (χ0n) is 11.9. The molecule has 19 heavy (non-hydrogen) atoms. The first-order valence-corrected chi connectivity index (χ1v) is 6.65. The van der Waals surface area contributed by atoms with E-state index in [1.165, 1.54) is 11.1 Å². The summed E-state index contributed by atoms with van der Waals surface area (Å²) in [6, 6.07) is 16.4. The van der Waals surface area contributed by atoms with Gasteiger partial charge in [0.15, 0.2) is 0 Å². The van der Waals surface area contributed by atoms with E-state index >= 15 is 0 Å². The van der Waals surface area contributed by atoms with Crippen LogP contribution < -0.4 is 11.1 Å². The molecule has 0 aromatic heterocycles. The number of hydrogen-bond acceptors (Lipinski definition) is 2. The standard InChI is InChI=1S/C17H22N2/c1-13-8-4-5-9-14(13)17(2,3)12-19-16-11-7-6-10-15(16)18/h4-11,19H,12,18H2,1-3H3. The van der Waals surface area contributed by atoms with E-state index in [9.17, 15) is 0 Å². The Balaban J connectivity index is 2.14. The van der Waals surface area contributed by atoms with Gasteiger partial charge in [0, 0.05) is 12.0 Å². The monoisotopic (exact) mass is 254 g/mol. The number of para-hydroxylation sites is 2. The van der Waals surface area contributed by atoms with Crippen LogP contribution in [0.4, 0.5) is 11.4 Å². The van der Waals surface area contributed by atoms with Crippen molar-refractivity contribution in [2.45, 2.75) is 26.2 Å². The van der Waals surface area contributed by atoms with E-state index in [0.29, 0.717) is 0 Å². The molecule has 2 aromatic carbocycles. The highest BCUT2D eigenvalue weighted by molar-refractivity contribution is 5.65. The predicted molar refractivity (Wildman–Crippen MR) is 83.5 cm³/mol. The zero-order chi connectivity index (χ0) is 13.9. The van der Waals surface area contributed by atoms with Crippen LogP contribution in [0.2, 0.25) is 0 Å². The third kappa shape index (κ3) is 3.08. The molecule has 0 aliphatic heterocycles. The summed E-state index contributed by atoms with van der Waals surface area (Å²) in [7, 11) is 0. The van der Waals surface area contributed by atoms with Crippen LogP contribution in [-0.2, 0) is 5.41 Å². The van der Waals surface area contributed by atoms with Gasteiger partial charge in [-0.25, -0.2) is 0 Å². The van der Waals surface area contributed by atoms with E-state index in [2.05, 4.69) is 50.4 Å². The molecule has 0 radical (unpaired) electrons. The fourth-order valence-electron chi connectivity index (χ4n) is 2.40. The fraction of sp³-hybridized carbons (Fsp3) is 0.294. The van der Waals surface area contributed by atoms with Crippen molar-refractivity contribution >= 4 is 11.4 Å². The molecule has 2 rings (SSSR count). The molecule has 100 valence electrons. The number of rotatable bonds is 4. The van der Waals surface area contributed by atoms with Gasteiger partial charge in [-0.3, -0.25) is 0 Å². The van der Waals surface area contributed by atoms with Gasteiger partial charge in [-0.05, 0) is 30.2 Å². The van der Waals surface area contributed by atoms with Gasteiger partial charge in [0.2, 0.25) is 0 Å². The molecular formula is C17H22N2. The molecular weight excluding hydrogens is 232 g/mol. The first-order chi connectivity index (χ1) is 9.00. The molecule has 0 aliphatic rings. The highest BCUT2D eigenvalue weighted by Gasteiger charge is 2.22. The highest BCUT2D eigenvalue weighted by atomic mass is 14.9. The SMILES string of the molecule is Cc1ccccc1C(C)(C)CNc1ccccc1N. The van der Waals surface area contributed by atoms with Crippen LogP contribution in [0.1, 0.15) is 25.0 Å². The van der Waals surface area contributed by atoms with Crippen molar-refractivity contribution in [2.24, 2.45) is 0 Å². The van der Waals surface area contributed by atoms with Crippen LogP contribution in [0.3, 0.4) is 0 Å². The molecule has 2 heteroatoms. The molecule has 0 unspecified atom stereocenters. The Hall–Kier alpha value is -1.96. The minimum atomic E-state index is 0.0631. The third-order valence-electron chi connectivity index (χ3n) is 3.56. The average Bonchev–Trinajstić information content (AvgIpc) is 2.38. The van der Waals surface area contributed by atoms with Crippen LogP contribution >= 0.6 is 0 Å². The molecule has 0 bridgehead atoms. The second-order valence-corrected chi connectivity index (χ2v) is 5.64. The molecule has 0 saturated carbocycles. The average molecular weight is 254 g/mol. The Kier molecular flexibility index (Phi) is 3.79. The van der Waals surface area contributed by atoms with Crippen molar-refractivity contribution < 1.29 is 0 Å². The molecule has 0 spiro atoms. The van der Waals surface area contributed by atoms with Gasteiger partial charge in [0.05, 0.1) is 11.4 Å². The Morgan fingerprint density at radius 2 is 1.63 bits per heavy atom. The molecule has 0 atom stereocenters. The molecule has 0 heterocycles. The lowest BCUT2D eigenvalue weighted by molar-refractivity contribution is 0.554. The maximum atomic E-state index is 5.96. The predicted octanol–water partition coefficient (Wildman–Crippen LogP) is 3.97. The van der Waals surface area contributed by atoms with E-state index in [1.54, 1.807) is 0 Å². The largest absolute Gasteiger partial charge is 0.397 e. The summed E-state index contributed by atoms with van der Waals surface area (Å²) < 4.78 is 0. The molecule has 3 N–H and O–H groups in total. The van der Waals surface area contributed by atoms with Crippen molar-refractivity contribution in [3.05, 3.63) is 59.7 Å². The zero-order valence-corrected chi connectivity index (χ0v) is 11.9. The quantitative estimate of drug-likeness (QED) is 0.810. The number of nitrogens with two attached hydrogens (primary N) is 1. The first-order valence-electron chi connectivity index (χ1n) is 6.65. The lowest BCUT2D eigenvalue weighted by Crippen LogP contribution is -2.28. The van der Waals surface area contributed by atoms with Crippen LogP contribution in [0.25, 0.3) is 0 Å². The normalized spacial score (nSPS) is 11.3. The lowest BCUT2D eigenvalue weighted by atomic mass is 9.82. The highest BCUT2D eigenvalue weighted by Crippen LogP contribution is 2.27. The molecule has 2 nitrogen and oxygen atoms in total. The Morgan fingerprint density at radius 3 is 2.32 bits per heavy atom. The van der Waals surface area contributed by atoms with Crippen LogP contribution in [0.15, 0.2) is 48.5 Å². The summed E-state index contributed by atoms with van der Waals surface area (Å²) >= 11 is 0. The molecule has 0 amide bonds. The Bertz CT molecular complexity index is 559. The van der Waals surface area contributed by atoms with Crippen LogP contribution in [0.5, 0.6) is 0 Å². The van der Waals surface area contributed by atoms with Gasteiger partial charge in [0.25, 0.3) is 0 Å². The second-order valence-electron chi connectivity index (χ2n) is 5.64. The second kappa shape index (κ2) is 5.35. The summed E-state index contributed by atoms with van der Waals surface area (Å²) in [6.07, 6.45) is 0. The van der Waals surface area contributed by atoms with E-state index < -0.39 is 0 Å². The van der Waals surface area contributed by atoms with Crippen molar-refractivity contribution in [3.8, 4) is 0 Å². The summed E-state index contributed by atoms with van der Waals surface area (Å²) in [6.45, 7) is 7.52. The summed E-state index contributed by atoms with van der Waals surface area (Å²) in [4.78, 5) is 0. The van der Waals surface area contributed by atoms with Gasteiger partial charge in [-0.1, -0.05) is 50.2 Å². The van der Waals surface area contributed by atoms with Gasteiger partial charge in [-0.2, -0.15) is 0 Å². The Morgan fingerprint density at radius 1 is 1.00 bits per heavy atom. The minimum Gasteiger partial charge on any atom is -0.397 e. The summed E-state index contributed by atoms with van der Waals surface area (Å²) in [5.74, 6) is 0. The maximum absolute atomic E-state index is 5.96. The van der Waals surface area contributed by atoms with Gasteiger partial charge in [0.1, 0.15) is 0 Å². The summed E-state index contributed by atoms with van der Waals surface area (Å²) in [5.41, 5.74) is 10.5. The van der Waals surface area contributed by atoms with E-state index in [1.807, 2.05) is 24.3 Å². The van der Waals surface area contributed by atoms with E-state index in [-0.39, 0.29) is 5.41 Å². The molecule has 0 aliphatic carbocycles. The van der Waals surface area contributed by atoms with Crippen molar-refractivity contribution in [2.75, 3.05) is 17.6 Å². The number of nitrogens with one attached hydrogen (secondary N) is 1. The number of anilines is 2. The van der Waals surface area contributed by atoms with Gasteiger partial charge >= 0.3 is 0 Å². The molecule has 2 aromatic rings. The van der Waals surface area contributed by atoms with Crippen molar-refractivity contribution in [1.82, 2.24) is 0 Å². The van der Waals surface area contributed by atoms with Crippen LogP contribution in [0, 0.1) is 6.92 Å². The number of nitrogen functional groups attached to an aromatic ring is 1. The number of aryl methyl sites for hydroxylation is 1. The summed E-state index contributed by atoms with van der Waals surface area (Å²) in [5, 5.41) is 3.45. The van der Waals surface area contributed by atoms with Crippen LogP contribution in [-0.4, -0.2) is 6.54 Å². The topological polar surface area (TPSA) is 38.0 Å². The number of hydrogen-bond donors (Lipinski definition) is 2. The van der Waals surface area contributed by atoms with Gasteiger partial charge < -0.3 is 11.1 Å². The molecule has 0 fully saturated rings. The smallest absolute Gasteiger partial charge is 0.0574 e. The van der Waals surface area contributed by atoms with E-state index in [4.69, 9.17) is 5.73 Å². The first kappa shape index (κ1) is 13.5. The lowest BCUT2D eigenvalue weighted by Gasteiger charge is -2.28. The minimum absolute atomic E-state index is 0.0631.